The zero-order valence-corrected chi connectivity index (χ0v) is 11.5. The van der Waals surface area contributed by atoms with Gasteiger partial charge in [0.2, 0.25) is 0 Å². The van der Waals surface area contributed by atoms with E-state index in [0.717, 1.165) is 25.1 Å². The number of nitriles is 1. The molecule has 0 atom stereocenters. The summed E-state index contributed by atoms with van der Waals surface area (Å²) in [7, 11) is 0. The number of benzene rings is 2. The van der Waals surface area contributed by atoms with Crippen molar-refractivity contribution in [3.63, 3.8) is 0 Å². The van der Waals surface area contributed by atoms with E-state index in [1.54, 1.807) is 24.3 Å². The normalized spacial score (nSPS) is 12.7. The standard InChI is InChI=1S/C17H15N3O/c18-11-12-3-1-5-15(9-12)20-17(21)14-6-7-16-13(10-14)4-2-8-19-16/h1,3,5-7,9-10,19H,2,4,8H2,(H,20,21). The number of carbonyl (C=O) groups is 1. The van der Waals surface area contributed by atoms with Gasteiger partial charge < -0.3 is 10.6 Å². The highest BCUT2D eigenvalue weighted by atomic mass is 16.1. The Balaban J connectivity index is 1.80. The van der Waals surface area contributed by atoms with E-state index in [-0.39, 0.29) is 5.91 Å². The van der Waals surface area contributed by atoms with Crippen LogP contribution < -0.4 is 10.6 Å². The number of nitrogens with zero attached hydrogens (tertiary/aromatic N) is 1. The molecule has 0 saturated heterocycles. The van der Waals surface area contributed by atoms with Crippen molar-refractivity contribution in [3.05, 3.63) is 59.2 Å². The second-order valence-electron chi connectivity index (χ2n) is 5.05. The maximum atomic E-state index is 12.3. The number of nitrogens with one attached hydrogen (secondary N) is 2. The lowest BCUT2D eigenvalue weighted by molar-refractivity contribution is 0.102. The first-order valence-corrected chi connectivity index (χ1v) is 6.94. The van der Waals surface area contributed by atoms with Gasteiger partial charge in [0.1, 0.15) is 0 Å². The summed E-state index contributed by atoms with van der Waals surface area (Å²) in [6, 6.07) is 14.7. The van der Waals surface area contributed by atoms with Crippen LogP contribution >= 0.6 is 0 Å². The molecule has 0 fully saturated rings. The molecule has 0 unspecified atom stereocenters. The first-order valence-electron chi connectivity index (χ1n) is 6.94. The Kier molecular flexibility index (Phi) is 3.57. The van der Waals surface area contributed by atoms with Crippen molar-refractivity contribution >= 4 is 17.3 Å². The summed E-state index contributed by atoms with van der Waals surface area (Å²) in [6.07, 6.45) is 2.08. The van der Waals surface area contributed by atoms with Gasteiger partial charge in [0.05, 0.1) is 11.6 Å². The van der Waals surface area contributed by atoms with Crippen LogP contribution in [0.15, 0.2) is 42.5 Å². The van der Waals surface area contributed by atoms with E-state index in [9.17, 15) is 4.79 Å². The Bertz CT molecular complexity index is 731. The molecule has 1 heterocycles. The van der Waals surface area contributed by atoms with Crippen LogP contribution in [-0.2, 0) is 6.42 Å². The van der Waals surface area contributed by atoms with Crippen LogP contribution in [0.4, 0.5) is 11.4 Å². The molecule has 0 aromatic heterocycles. The quantitative estimate of drug-likeness (QED) is 0.886. The van der Waals surface area contributed by atoms with Gasteiger partial charge in [-0.15, -0.1) is 0 Å². The summed E-state index contributed by atoms with van der Waals surface area (Å²) in [6.45, 7) is 0.986. The summed E-state index contributed by atoms with van der Waals surface area (Å²) in [5.74, 6) is -0.154. The van der Waals surface area contributed by atoms with Crippen LogP contribution in [0.1, 0.15) is 27.9 Å². The lowest BCUT2D eigenvalue weighted by atomic mass is 10.0. The first kappa shape index (κ1) is 13.2. The van der Waals surface area contributed by atoms with Gasteiger partial charge in [-0.2, -0.15) is 5.26 Å². The van der Waals surface area contributed by atoms with E-state index in [4.69, 9.17) is 5.26 Å². The van der Waals surface area contributed by atoms with Gasteiger partial charge in [-0.25, -0.2) is 0 Å². The smallest absolute Gasteiger partial charge is 0.255 e. The molecule has 104 valence electrons. The molecule has 4 heteroatoms. The van der Waals surface area contributed by atoms with Crippen LogP contribution in [-0.4, -0.2) is 12.5 Å². The number of fused-ring (bicyclic) bond motifs is 1. The molecule has 3 rings (SSSR count). The summed E-state index contributed by atoms with van der Waals surface area (Å²) in [4.78, 5) is 12.3. The molecule has 2 N–H and O–H groups in total. The fourth-order valence-corrected chi connectivity index (χ4v) is 2.49. The van der Waals surface area contributed by atoms with E-state index in [2.05, 4.69) is 16.7 Å². The summed E-state index contributed by atoms with van der Waals surface area (Å²) in [5, 5.41) is 15.0. The second kappa shape index (κ2) is 5.68. The number of rotatable bonds is 2. The number of amides is 1. The Morgan fingerprint density at radius 2 is 2.14 bits per heavy atom. The van der Waals surface area contributed by atoms with Crippen molar-refractivity contribution in [2.75, 3.05) is 17.2 Å². The molecule has 0 bridgehead atoms. The SMILES string of the molecule is N#Cc1cccc(NC(=O)c2ccc3c(c2)CCCN3)c1. The van der Waals surface area contributed by atoms with Gasteiger partial charge in [0.25, 0.3) is 5.91 Å². The largest absolute Gasteiger partial charge is 0.385 e. The van der Waals surface area contributed by atoms with Gasteiger partial charge in [0.15, 0.2) is 0 Å². The summed E-state index contributed by atoms with van der Waals surface area (Å²) in [5.41, 5.74) is 4.10. The molecule has 4 nitrogen and oxygen atoms in total. The molecule has 2 aromatic carbocycles. The average molecular weight is 277 g/mol. The molecular weight excluding hydrogens is 262 g/mol. The fourth-order valence-electron chi connectivity index (χ4n) is 2.49. The third-order valence-electron chi connectivity index (χ3n) is 3.56. The Morgan fingerprint density at radius 3 is 3.00 bits per heavy atom. The highest BCUT2D eigenvalue weighted by molar-refractivity contribution is 6.04. The topological polar surface area (TPSA) is 64.9 Å². The molecule has 0 aliphatic carbocycles. The van der Waals surface area contributed by atoms with Crippen molar-refractivity contribution in [1.82, 2.24) is 0 Å². The monoisotopic (exact) mass is 277 g/mol. The first-order chi connectivity index (χ1) is 10.3. The van der Waals surface area contributed by atoms with Crippen LogP contribution in [0.2, 0.25) is 0 Å². The minimum Gasteiger partial charge on any atom is -0.385 e. The number of hydrogen-bond donors (Lipinski definition) is 2. The van der Waals surface area contributed by atoms with Crippen molar-refractivity contribution in [2.24, 2.45) is 0 Å². The molecule has 1 aliphatic heterocycles. The van der Waals surface area contributed by atoms with Gasteiger partial charge in [-0.1, -0.05) is 6.07 Å². The zero-order chi connectivity index (χ0) is 14.7. The minimum absolute atomic E-state index is 0.154. The molecule has 1 amide bonds. The molecule has 0 spiro atoms. The Labute approximate surface area is 123 Å². The van der Waals surface area contributed by atoms with Crippen molar-refractivity contribution in [2.45, 2.75) is 12.8 Å². The lowest BCUT2D eigenvalue weighted by Gasteiger charge is -2.18. The second-order valence-corrected chi connectivity index (χ2v) is 5.05. The summed E-state index contributed by atoms with van der Waals surface area (Å²) >= 11 is 0. The maximum Gasteiger partial charge on any atom is 0.255 e. The number of aryl methyl sites for hydroxylation is 1. The van der Waals surface area contributed by atoms with Gasteiger partial charge in [0, 0.05) is 23.5 Å². The van der Waals surface area contributed by atoms with Crippen LogP contribution in [0.3, 0.4) is 0 Å². The number of carbonyl (C=O) groups excluding carboxylic acids is 1. The van der Waals surface area contributed by atoms with E-state index in [0.29, 0.717) is 16.8 Å². The van der Waals surface area contributed by atoms with E-state index in [1.807, 2.05) is 18.2 Å². The highest BCUT2D eigenvalue weighted by Crippen LogP contribution is 2.23. The van der Waals surface area contributed by atoms with E-state index >= 15 is 0 Å². The fraction of sp³-hybridized carbons (Fsp3) is 0.176. The summed E-state index contributed by atoms with van der Waals surface area (Å²) < 4.78 is 0. The van der Waals surface area contributed by atoms with E-state index in [1.165, 1.54) is 5.56 Å². The van der Waals surface area contributed by atoms with Gasteiger partial charge >= 0.3 is 0 Å². The Hall–Kier alpha value is -2.80. The van der Waals surface area contributed by atoms with E-state index < -0.39 is 0 Å². The predicted molar refractivity (Wildman–Crippen MR) is 82.4 cm³/mol. The third kappa shape index (κ3) is 2.87. The average Bonchev–Trinajstić information content (AvgIpc) is 2.54. The van der Waals surface area contributed by atoms with Crippen molar-refractivity contribution < 1.29 is 4.79 Å². The molecule has 2 aromatic rings. The predicted octanol–water partition coefficient (Wildman–Crippen LogP) is 3.17. The number of hydrogen-bond acceptors (Lipinski definition) is 3. The van der Waals surface area contributed by atoms with Crippen LogP contribution in [0.5, 0.6) is 0 Å². The maximum absolute atomic E-state index is 12.3. The zero-order valence-electron chi connectivity index (χ0n) is 11.5. The number of anilines is 2. The minimum atomic E-state index is -0.154. The molecule has 1 aliphatic rings. The highest BCUT2D eigenvalue weighted by Gasteiger charge is 2.12. The van der Waals surface area contributed by atoms with Gasteiger partial charge in [-0.3, -0.25) is 4.79 Å². The van der Waals surface area contributed by atoms with Crippen molar-refractivity contribution in [3.8, 4) is 6.07 Å². The molecular formula is C17H15N3O. The molecule has 21 heavy (non-hydrogen) atoms. The molecule has 0 radical (unpaired) electrons. The third-order valence-corrected chi connectivity index (χ3v) is 3.56. The lowest BCUT2D eigenvalue weighted by Crippen LogP contribution is -2.15. The molecule has 0 saturated carbocycles. The van der Waals surface area contributed by atoms with Crippen molar-refractivity contribution in [1.29, 1.82) is 5.26 Å². The van der Waals surface area contributed by atoms with Crippen LogP contribution in [0, 0.1) is 11.3 Å². The Morgan fingerprint density at radius 1 is 1.24 bits per heavy atom. The van der Waals surface area contributed by atoms with Gasteiger partial charge in [-0.05, 0) is 54.8 Å². The van der Waals surface area contributed by atoms with Crippen LogP contribution in [0.25, 0.3) is 0 Å².